The van der Waals surface area contributed by atoms with Crippen LogP contribution in [0.25, 0.3) is 11.3 Å². The first-order valence-corrected chi connectivity index (χ1v) is 6.98. The van der Waals surface area contributed by atoms with Gasteiger partial charge in [-0.15, -0.1) is 11.3 Å². The molecule has 1 aromatic carbocycles. The van der Waals surface area contributed by atoms with Gasteiger partial charge >= 0.3 is 0 Å². The average molecular weight is 244 g/mol. The van der Waals surface area contributed by atoms with E-state index in [1.165, 1.54) is 36.1 Å². The zero-order valence-corrected chi connectivity index (χ0v) is 10.5. The Morgan fingerprint density at radius 2 is 1.82 bits per heavy atom. The molecule has 0 radical (unpaired) electrons. The Morgan fingerprint density at radius 1 is 1.12 bits per heavy atom. The lowest BCUT2D eigenvalue weighted by Crippen LogP contribution is -1.92. The molecule has 3 rings (SSSR count). The van der Waals surface area contributed by atoms with E-state index < -0.39 is 0 Å². The van der Waals surface area contributed by atoms with Crippen molar-refractivity contribution >= 4 is 16.5 Å². The van der Waals surface area contributed by atoms with Crippen molar-refractivity contribution in [2.24, 2.45) is 0 Å². The summed E-state index contributed by atoms with van der Waals surface area (Å²) >= 11 is 1.67. The lowest BCUT2D eigenvalue weighted by molar-refractivity contribution is 0.738. The summed E-state index contributed by atoms with van der Waals surface area (Å²) in [5.74, 6) is 0.681. The maximum absolute atomic E-state index is 5.89. The van der Waals surface area contributed by atoms with Crippen LogP contribution in [0.5, 0.6) is 0 Å². The van der Waals surface area contributed by atoms with E-state index in [0.29, 0.717) is 11.0 Å². The highest BCUT2D eigenvalue weighted by Gasteiger charge is 2.23. The summed E-state index contributed by atoms with van der Waals surface area (Å²) in [5, 5.41) is 0.700. The van der Waals surface area contributed by atoms with Gasteiger partial charge in [0.05, 0.1) is 5.69 Å². The Kier molecular flexibility index (Phi) is 2.85. The second-order valence-electron chi connectivity index (χ2n) is 4.61. The van der Waals surface area contributed by atoms with Gasteiger partial charge in [-0.3, -0.25) is 0 Å². The highest BCUT2D eigenvalue weighted by atomic mass is 32.1. The van der Waals surface area contributed by atoms with E-state index in [0.717, 1.165) is 5.69 Å². The molecule has 1 aliphatic rings. The first-order valence-electron chi connectivity index (χ1n) is 6.16. The minimum Gasteiger partial charge on any atom is -0.375 e. The second-order valence-corrected chi connectivity index (χ2v) is 5.67. The number of anilines is 1. The van der Waals surface area contributed by atoms with Crippen molar-refractivity contribution in [2.45, 2.75) is 31.6 Å². The van der Waals surface area contributed by atoms with Crippen LogP contribution in [0.15, 0.2) is 30.3 Å². The molecule has 2 aromatic rings. The number of hydrogen-bond donors (Lipinski definition) is 1. The first-order chi connectivity index (χ1) is 8.34. The Hall–Kier alpha value is -1.35. The number of nitrogens with two attached hydrogens (primary N) is 1. The molecule has 0 spiro atoms. The molecule has 17 heavy (non-hydrogen) atoms. The van der Waals surface area contributed by atoms with Crippen molar-refractivity contribution in [2.75, 3.05) is 5.73 Å². The minimum atomic E-state index is 0.681. The van der Waals surface area contributed by atoms with Gasteiger partial charge in [-0.2, -0.15) is 0 Å². The number of nitrogens with zero attached hydrogens (tertiary/aromatic N) is 1. The van der Waals surface area contributed by atoms with Crippen LogP contribution in [-0.4, -0.2) is 4.98 Å². The zero-order valence-electron chi connectivity index (χ0n) is 9.73. The van der Waals surface area contributed by atoms with E-state index in [4.69, 9.17) is 5.73 Å². The highest BCUT2D eigenvalue weighted by Crippen LogP contribution is 2.42. The van der Waals surface area contributed by atoms with Crippen LogP contribution in [0, 0.1) is 0 Å². The fourth-order valence-corrected chi connectivity index (χ4v) is 3.64. The molecule has 2 nitrogen and oxygen atoms in total. The number of benzene rings is 1. The predicted molar refractivity (Wildman–Crippen MR) is 73.2 cm³/mol. The van der Waals surface area contributed by atoms with E-state index in [1.54, 1.807) is 11.3 Å². The van der Waals surface area contributed by atoms with E-state index in [9.17, 15) is 0 Å². The van der Waals surface area contributed by atoms with Crippen molar-refractivity contribution in [3.05, 3.63) is 35.2 Å². The summed E-state index contributed by atoms with van der Waals surface area (Å²) in [6.07, 6.45) is 5.27. The first kappa shape index (κ1) is 10.8. The maximum Gasteiger partial charge on any atom is 0.180 e. The molecular formula is C14H16N2S. The van der Waals surface area contributed by atoms with Crippen LogP contribution >= 0.6 is 11.3 Å². The average Bonchev–Trinajstić information content (AvgIpc) is 2.98. The van der Waals surface area contributed by atoms with Gasteiger partial charge in [-0.25, -0.2) is 4.98 Å². The van der Waals surface area contributed by atoms with E-state index in [2.05, 4.69) is 29.2 Å². The van der Waals surface area contributed by atoms with Crippen LogP contribution in [0.3, 0.4) is 0 Å². The lowest BCUT2D eigenvalue weighted by atomic mass is 10.0. The quantitative estimate of drug-likeness (QED) is 0.865. The zero-order chi connectivity index (χ0) is 11.7. The molecule has 0 atom stereocenters. The summed E-state index contributed by atoms with van der Waals surface area (Å²) in [5.41, 5.74) is 8.20. The number of aromatic nitrogens is 1. The smallest absolute Gasteiger partial charge is 0.180 e. The van der Waals surface area contributed by atoms with Gasteiger partial charge in [0.2, 0.25) is 0 Å². The molecule has 0 unspecified atom stereocenters. The predicted octanol–water partition coefficient (Wildman–Crippen LogP) is 4.05. The Labute approximate surface area is 106 Å². The van der Waals surface area contributed by atoms with Gasteiger partial charge in [0.1, 0.15) is 0 Å². The Morgan fingerprint density at radius 3 is 2.53 bits per heavy atom. The molecule has 0 saturated heterocycles. The molecule has 1 aromatic heterocycles. The lowest BCUT2D eigenvalue weighted by Gasteiger charge is -2.08. The van der Waals surface area contributed by atoms with Gasteiger partial charge in [0.25, 0.3) is 0 Å². The molecule has 88 valence electrons. The van der Waals surface area contributed by atoms with Gasteiger partial charge in [0, 0.05) is 10.4 Å². The summed E-state index contributed by atoms with van der Waals surface area (Å²) in [6, 6.07) is 10.4. The van der Waals surface area contributed by atoms with Crippen LogP contribution in [0.2, 0.25) is 0 Å². The van der Waals surface area contributed by atoms with Crippen LogP contribution in [0.4, 0.5) is 5.13 Å². The third-order valence-corrected chi connectivity index (χ3v) is 4.49. The van der Waals surface area contributed by atoms with E-state index >= 15 is 0 Å². The third-order valence-electron chi connectivity index (χ3n) is 3.44. The van der Waals surface area contributed by atoms with Gasteiger partial charge in [-0.05, 0) is 18.8 Å². The summed E-state index contributed by atoms with van der Waals surface area (Å²) in [7, 11) is 0. The fraction of sp³-hybridized carbons (Fsp3) is 0.357. The minimum absolute atomic E-state index is 0.681. The molecule has 0 amide bonds. The summed E-state index contributed by atoms with van der Waals surface area (Å²) in [4.78, 5) is 5.92. The van der Waals surface area contributed by atoms with Gasteiger partial charge < -0.3 is 5.73 Å². The standard InChI is InChI=1S/C14H16N2S/c15-14-16-12(10-6-2-1-3-7-10)13(17-14)11-8-4-5-9-11/h1-3,6-7,11H,4-5,8-9H2,(H2,15,16). The van der Waals surface area contributed by atoms with Crippen molar-refractivity contribution in [1.29, 1.82) is 0 Å². The Bertz CT molecular complexity index is 498. The van der Waals surface area contributed by atoms with E-state index in [1.807, 2.05) is 6.07 Å². The molecule has 1 aliphatic carbocycles. The summed E-state index contributed by atoms with van der Waals surface area (Å²) < 4.78 is 0. The molecular weight excluding hydrogens is 228 g/mol. The van der Waals surface area contributed by atoms with Crippen molar-refractivity contribution in [1.82, 2.24) is 4.98 Å². The van der Waals surface area contributed by atoms with Crippen LogP contribution in [0.1, 0.15) is 36.5 Å². The van der Waals surface area contributed by atoms with Crippen LogP contribution < -0.4 is 5.73 Å². The molecule has 1 fully saturated rings. The van der Waals surface area contributed by atoms with Crippen molar-refractivity contribution in [3.63, 3.8) is 0 Å². The monoisotopic (exact) mass is 244 g/mol. The fourth-order valence-electron chi connectivity index (χ4n) is 2.62. The molecule has 2 N–H and O–H groups in total. The van der Waals surface area contributed by atoms with Crippen molar-refractivity contribution < 1.29 is 0 Å². The highest BCUT2D eigenvalue weighted by molar-refractivity contribution is 7.15. The SMILES string of the molecule is Nc1nc(-c2ccccc2)c(C2CCCC2)s1. The van der Waals surface area contributed by atoms with Gasteiger partial charge in [0.15, 0.2) is 5.13 Å². The molecule has 0 bridgehead atoms. The summed E-state index contributed by atoms with van der Waals surface area (Å²) in [6.45, 7) is 0. The van der Waals surface area contributed by atoms with Crippen LogP contribution in [-0.2, 0) is 0 Å². The number of rotatable bonds is 2. The number of nitrogen functional groups attached to an aromatic ring is 1. The Balaban J connectivity index is 2.04. The maximum atomic E-state index is 5.89. The van der Waals surface area contributed by atoms with Crippen molar-refractivity contribution in [3.8, 4) is 11.3 Å². The topological polar surface area (TPSA) is 38.9 Å². The third kappa shape index (κ3) is 2.07. The van der Waals surface area contributed by atoms with Gasteiger partial charge in [-0.1, -0.05) is 43.2 Å². The second kappa shape index (κ2) is 4.49. The molecule has 1 saturated carbocycles. The molecule has 1 heterocycles. The number of hydrogen-bond acceptors (Lipinski definition) is 3. The number of thiazole rings is 1. The van der Waals surface area contributed by atoms with E-state index in [-0.39, 0.29) is 0 Å². The normalized spacial score (nSPS) is 16.5. The molecule has 0 aliphatic heterocycles. The molecule has 3 heteroatoms. The largest absolute Gasteiger partial charge is 0.375 e.